The molecule has 0 N–H and O–H groups in total. The summed E-state index contributed by atoms with van der Waals surface area (Å²) in [6.07, 6.45) is 0. The number of rotatable bonds is 2. The minimum atomic E-state index is -0.257. The zero-order valence-corrected chi connectivity index (χ0v) is 4.68. The van der Waals surface area contributed by atoms with Crippen molar-refractivity contribution in [2.75, 3.05) is 13.2 Å². The van der Waals surface area contributed by atoms with E-state index in [1.165, 1.54) is 0 Å². The van der Waals surface area contributed by atoms with Gasteiger partial charge in [-0.2, -0.15) is 0 Å². The monoisotopic (exact) mass is 113 g/mol. The van der Waals surface area contributed by atoms with Gasteiger partial charge in [0.05, 0.1) is 13.2 Å². The molecule has 0 saturated carbocycles. The van der Waals surface area contributed by atoms with E-state index >= 15 is 0 Å². The van der Waals surface area contributed by atoms with Crippen molar-refractivity contribution < 1.29 is 9.53 Å². The summed E-state index contributed by atoms with van der Waals surface area (Å²) >= 11 is 0. The summed E-state index contributed by atoms with van der Waals surface area (Å²) in [6.45, 7) is 2.80. The SMILES string of the molecule is CCOC(=O)C1=NC1. The number of hydrogen-bond acceptors (Lipinski definition) is 3. The molecule has 0 amide bonds. The second-order valence-electron chi connectivity index (χ2n) is 1.48. The van der Waals surface area contributed by atoms with Crippen LogP contribution in [-0.2, 0) is 9.53 Å². The Morgan fingerprint density at radius 1 is 2.00 bits per heavy atom. The predicted molar refractivity (Wildman–Crippen MR) is 28.9 cm³/mol. The molecule has 8 heavy (non-hydrogen) atoms. The van der Waals surface area contributed by atoms with Crippen molar-refractivity contribution in [3.8, 4) is 0 Å². The van der Waals surface area contributed by atoms with Gasteiger partial charge in [0, 0.05) is 0 Å². The molecule has 0 atom stereocenters. The Hall–Kier alpha value is -0.860. The fourth-order valence-corrected chi connectivity index (χ4v) is 0.383. The van der Waals surface area contributed by atoms with Crippen LogP contribution in [0.1, 0.15) is 6.92 Å². The third kappa shape index (κ3) is 1.05. The topological polar surface area (TPSA) is 38.7 Å². The van der Waals surface area contributed by atoms with Gasteiger partial charge in [-0.3, -0.25) is 4.99 Å². The summed E-state index contributed by atoms with van der Waals surface area (Å²) in [7, 11) is 0. The van der Waals surface area contributed by atoms with Crippen LogP contribution in [0.4, 0.5) is 0 Å². The normalized spacial score (nSPS) is 14.9. The maximum atomic E-state index is 10.5. The second-order valence-corrected chi connectivity index (χ2v) is 1.48. The van der Waals surface area contributed by atoms with Gasteiger partial charge in [0.15, 0.2) is 0 Å². The van der Waals surface area contributed by atoms with Gasteiger partial charge in [-0.15, -0.1) is 0 Å². The van der Waals surface area contributed by atoms with Gasteiger partial charge in [-0.25, -0.2) is 4.79 Å². The quantitative estimate of drug-likeness (QED) is 0.473. The van der Waals surface area contributed by atoms with Crippen LogP contribution in [0.15, 0.2) is 4.99 Å². The lowest BCUT2D eigenvalue weighted by atomic mass is 10.5. The summed E-state index contributed by atoms with van der Waals surface area (Å²) in [5.74, 6) is -0.257. The van der Waals surface area contributed by atoms with E-state index in [2.05, 4.69) is 9.73 Å². The number of ether oxygens (including phenoxy) is 1. The molecule has 0 aliphatic carbocycles. The highest BCUT2D eigenvalue weighted by Crippen LogP contribution is 1.97. The molecular formula is C5H7NO2. The zero-order valence-electron chi connectivity index (χ0n) is 4.68. The first-order valence-corrected chi connectivity index (χ1v) is 2.55. The van der Waals surface area contributed by atoms with E-state index < -0.39 is 0 Å². The molecule has 1 heterocycles. The molecule has 0 radical (unpaired) electrons. The lowest BCUT2D eigenvalue weighted by Crippen LogP contribution is -2.09. The molecular weight excluding hydrogens is 106 g/mol. The molecule has 1 aliphatic rings. The van der Waals surface area contributed by atoms with E-state index in [1.807, 2.05) is 0 Å². The Kier molecular flexibility index (Phi) is 1.28. The molecule has 3 nitrogen and oxygen atoms in total. The smallest absolute Gasteiger partial charge is 0.354 e. The molecule has 0 unspecified atom stereocenters. The van der Waals surface area contributed by atoms with Crippen LogP contribution < -0.4 is 0 Å². The number of esters is 1. The number of nitrogens with zero attached hydrogens (tertiary/aromatic N) is 1. The Balaban J connectivity index is 2.24. The second kappa shape index (κ2) is 1.94. The van der Waals surface area contributed by atoms with E-state index in [0.717, 1.165) is 0 Å². The van der Waals surface area contributed by atoms with Crippen molar-refractivity contribution in [1.29, 1.82) is 0 Å². The van der Waals surface area contributed by atoms with Gasteiger partial charge in [0.2, 0.25) is 0 Å². The fraction of sp³-hybridized carbons (Fsp3) is 0.600. The van der Waals surface area contributed by atoms with Crippen LogP contribution in [0.3, 0.4) is 0 Å². The molecule has 0 aromatic heterocycles. The fourth-order valence-electron chi connectivity index (χ4n) is 0.383. The number of carbonyl (C=O) groups is 1. The highest BCUT2D eigenvalue weighted by Gasteiger charge is 2.20. The van der Waals surface area contributed by atoms with Crippen molar-refractivity contribution in [2.24, 2.45) is 4.99 Å². The van der Waals surface area contributed by atoms with Crippen LogP contribution >= 0.6 is 0 Å². The first-order chi connectivity index (χ1) is 3.84. The van der Waals surface area contributed by atoms with E-state index in [0.29, 0.717) is 18.9 Å². The highest BCUT2D eigenvalue weighted by molar-refractivity contribution is 6.42. The minimum absolute atomic E-state index is 0.257. The molecule has 3 heteroatoms. The first-order valence-electron chi connectivity index (χ1n) is 2.55. The van der Waals surface area contributed by atoms with Gasteiger partial charge in [-0.1, -0.05) is 0 Å². The van der Waals surface area contributed by atoms with Crippen molar-refractivity contribution >= 4 is 11.7 Å². The summed E-state index contributed by atoms with van der Waals surface area (Å²) < 4.78 is 4.60. The lowest BCUT2D eigenvalue weighted by molar-refractivity contribution is -0.134. The van der Waals surface area contributed by atoms with Crippen LogP contribution in [0.5, 0.6) is 0 Å². The average Bonchev–Trinajstić information content (AvgIpc) is 2.45. The lowest BCUT2D eigenvalue weighted by Gasteiger charge is -1.91. The van der Waals surface area contributed by atoms with E-state index in [1.54, 1.807) is 6.92 Å². The standard InChI is InChI=1S/C5H7NO2/c1-2-8-5(7)4-3-6-4/h2-3H2,1H3. The molecule has 0 aromatic carbocycles. The Bertz CT molecular complexity index is 139. The van der Waals surface area contributed by atoms with Crippen molar-refractivity contribution in [3.63, 3.8) is 0 Å². The van der Waals surface area contributed by atoms with Gasteiger partial charge in [-0.05, 0) is 6.92 Å². The van der Waals surface area contributed by atoms with Crippen molar-refractivity contribution in [2.45, 2.75) is 6.92 Å². The molecule has 1 aliphatic heterocycles. The van der Waals surface area contributed by atoms with Gasteiger partial charge < -0.3 is 4.74 Å². The van der Waals surface area contributed by atoms with Gasteiger partial charge in [0.1, 0.15) is 5.71 Å². The highest BCUT2D eigenvalue weighted by atomic mass is 16.5. The van der Waals surface area contributed by atoms with Gasteiger partial charge >= 0.3 is 5.97 Å². The Morgan fingerprint density at radius 2 is 2.62 bits per heavy atom. The number of hydrogen-bond donors (Lipinski definition) is 0. The maximum Gasteiger partial charge on any atom is 0.354 e. The number of aliphatic imine (C=N–C) groups is 1. The summed E-state index contributed by atoms with van der Waals surface area (Å²) in [6, 6.07) is 0. The summed E-state index contributed by atoms with van der Waals surface area (Å²) in [5, 5.41) is 0. The van der Waals surface area contributed by atoms with E-state index in [9.17, 15) is 4.79 Å². The largest absolute Gasteiger partial charge is 0.461 e. The van der Waals surface area contributed by atoms with E-state index in [-0.39, 0.29) is 5.97 Å². The predicted octanol–water partition coefficient (Wildman–Crippen LogP) is 0.00410. The molecule has 0 saturated heterocycles. The molecule has 0 bridgehead atoms. The first kappa shape index (κ1) is 5.28. The Labute approximate surface area is 47.4 Å². The molecule has 1 rings (SSSR count). The third-order valence-corrected chi connectivity index (χ3v) is 0.827. The summed E-state index contributed by atoms with van der Waals surface area (Å²) in [4.78, 5) is 14.1. The van der Waals surface area contributed by atoms with Crippen LogP contribution in [0.2, 0.25) is 0 Å². The molecule has 0 spiro atoms. The molecule has 0 fully saturated rings. The van der Waals surface area contributed by atoms with Crippen LogP contribution in [-0.4, -0.2) is 24.8 Å². The van der Waals surface area contributed by atoms with Crippen molar-refractivity contribution in [1.82, 2.24) is 0 Å². The maximum absolute atomic E-state index is 10.5. The van der Waals surface area contributed by atoms with E-state index in [4.69, 9.17) is 0 Å². The van der Waals surface area contributed by atoms with Crippen LogP contribution in [0, 0.1) is 0 Å². The van der Waals surface area contributed by atoms with Crippen LogP contribution in [0.25, 0.3) is 0 Å². The third-order valence-electron chi connectivity index (χ3n) is 0.827. The van der Waals surface area contributed by atoms with Crippen molar-refractivity contribution in [3.05, 3.63) is 0 Å². The molecule has 44 valence electrons. The molecule has 0 aromatic rings. The van der Waals surface area contributed by atoms with Gasteiger partial charge in [0.25, 0.3) is 0 Å². The zero-order chi connectivity index (χ0) is 5.98. The minimum Gasteiger partial charge on any atom is -0.461 e. The number of carbonyl (C=O) groups excluding carboxylic acids is 1. The average molecular weight is 113 g/mol. The Morgan fingerprint density at radius 3 is 3.00 bits per heavy atom. The summed E-state index contributed by atoms with van der Waals surface area (Å²) in [5.41, 5.74) is 0.576.